The summed E-state index contributed by atoms with van der Waals surface area (Å²) in [5, 5.41) is 7.71. The summed E-state index contributed by atoms with van der Waals surface area (Å²) in [5.41, 5.74) is 1.81. The van der Waals surface area contributed by atoms with E-state index in [0.29, 0.717) is 17.8 Å². The van der Waals surface area contributed by atoms with Crippen molar-refractivity contribution in [1.82, 2.24) is 15.5 Å². The van der Waals surface area contributed by atoms with Crippen molar-refractivity contribution < 1.29 is 14.1 Å². The van der Waals surface area contributed by atoms with E-state index in [9.17, 15) is 4.79 Å². The topological polar surface area (TPSA) is 77.2 Å². The Bertz CT molecular complexity index is 645. The predicted octanol–water partition coefficient (Wildman–Crippen LogP) is 2.25. The molecule has 1 saturated heterocycles. The van der Waals surface area contributed by atoms with Gasteiger partial charge in [-0.05, 0) is 24.8 Å². The van der Waals surface area contributed by atoms with E-state index < -0.39 is 0 Å². The molecule has 0 bridgehead atoms. The lowest BCUT2D eigenvalue weighted by molar-refractivity contribution is 0.0857. The number of ether oxygens (including phenoxy) is 1. The number of nitrogens with zero attached hydrogens (tertiary/aromatic N) is 2. The van der Waals surface area contributed by atoms with Crippen LogP contribution >= 0.6 is 0 Å². The highest BCUT2D eigenvalue weighted by molar-refractivity contribution is 5.97. The van der Waals surface area contributed by atoms with Crippen molar-refractivity contribution >= 4 is 17.0 Å². The van der Waals surface area contributed by atoms with Crippen LogP contribution in [-0.2, 0) is 4.74 Å². The SMILES string of the molecule is CC(C)c1noc2ncc(C(=O)NCC3CCCO3)cc12. The number of carbonyl (C=O) groups is 1. The Morgan fingerprint density at radius 3 is 3.10 bits per heavy atom. The number of amides is 1. The zero-order valence-electron chi connectivity index (χ0n) is 12.3. The first-order chi connectivity index (χ1) is 10.1. The fraction of sp³-hybridized carbons (Fsp3) is 0.533. The molecule has 0 spiro atoms. The Morgan fingerprint density at radius 2 is 2.38 bits per heavy atom. The van der Waals surface area contributed by atoms with Gasteiger partial charge in [0.1, 0.15) is 0 Å². The normalized spacial score (nSPS) is 18.5. The average molecular weight is 289 g/mol. The highest BCUT2D eigenvalue weighted by atomic mass is 16.5. The van der Waals surface area contributed by atoms with E-state index in [1.165, 1.54) is 6.20 Å². The molecule has 0 radical (unpaired) electrons. The second kappa shape index (κ2) is 5.81. The van der Waals surface area contributed by atoms with Crippen LogP contribution in [-0.4, -0.2) is 35.3 Å². The lowest BCUT2D eigenvalue weighted by Crippen LogP contribution is -2.31. The van der Waals surface area contributed by atoms with Crippen LogP contribution in [0.1, 0.15) is 48.7 Å². The molecule has 3 heterocycles. The van der Waals surface area contributed by atoms with Crippen LogP contribution < -0.4 is 5.32 Å². The molecule has 1 aliphatic heterocycles. The molecule has 2 aromatic rings. The highest BCUT2D eigenvalue weighted by Crippen LogP contribution is 2.24. The van der Waals surface area contributed by atoms with Gasteiger partial charge in [-0.1, -0.05) is 19.0 Å². The van der Waals surface area contributed by atoms with Gasteiger partial charge in [0.2, 0.25) is 0 Å². The van der Waals surface area contributed by atoms with Gasteiger partial charge in [0.25, 0.3) is 11.6 Å². The number of hydrogen-bond donors (Lipinski definition) is 1. The van der Waals surface area contributed by atoms with Crippen LogP contribution in [0.2, 0.25) is 0 Å². The molecule has 0 aliphatic carbocycles. The third-order valence-electron chi connectivity index (χ3n) is 3.68. The first-order valence-corrected chi connectivity index (χ1v) is 7.30. The molecule has 1 fully saturated rings. The predicted molar refractivity (Wildman–Crippen MR) is 77.2 cm³/mol. The lowest BCUT2D eigenvalue weighted by Gasteiger charge is -2.10. The van der Waals surface area contributed by atoms with E-state index in [-0.39, 0.29) is 17.9 Å². The minimum absolute atomic E-state index is 0.132. The van der Waals surface area contributed by atoms with Gasteiger partial charge < -0.3 is 14.6 Å². The van der Waals surface area contributed by atoms with Crippen molar-refractivity contribution in [3.8, 4) is 0 Å². The van der Waals surface area contributed by atoms with Crippen LogP contribution in [0.3, 0.4) is 0 Å². The van der Waals surface area contributed by atoms with E-state index >= 15 is 0 Å². The summed E-state index contributed by atoms with van der Waals surface area (Å²) in [6, 6.07) is 1.79. The standard InChI is InChI=1S/C15H19N3O3/c1-9(2)13-12-6-10(7-17-15(12)21-18-13)14(19)16-8-11-4-3-5-20-11/h6-7,9,11H,3-5,8H2,1-2H3,(H,16,19). The van der Waals surface area contributed by atoms with Crippen LogP contribution in [0.15, 0.2) is 16.8 Å². The molecule has 1 aliphatic rings. The summed E-state index contributed by atoms with van der Waals surface area (Å²) in [4.78, 5) is 16.4. The molecule has 0 saturated carbocycles. The van der Waals surface area contributed by atoms with Gasteiger partial charge in [-0.2, -0.15) is 0 Å². The Morgan fingerprint density at radius 1 is 1.52 bits per heavy atom. The van der Waals surface area contributed by atoms with Crippen LogP contribution in [0.5, 0.6) is 0 Å². The molecule has 1 amide bonds. The maximum absolute atomic E-state index is 12.2. The van der Waals surface area contributed by atoms with E-state index in [4.69, 9.17) is 9.26 Å². The van der Waals surface area contributed by atoms with Crippen LogP contribution in [0, 0.1) is 0 Å². The van der Waals surface area contributed by atoms with Gasteiger partial charge in [-0.3, -0.25) is 4.79 Å². The van der Waals surface area contributed by atoms with E-state index in [1.807, 2.05) is 13.8 Å². The number of nitrogens with one attached hydrogen (secondary N) is 1. The maximum Gasteiger partial charge on any atom is 0.257 e. The molecule has 0 aromatic carbocycles. The Hall–Kier alpha value is -1.95. The largest absolute Gasteiger partial charge is 0.376 e. The van der Waals surface area contributed by atoms with Gasteiger partial charge in [0.05, 0.1) is 22.7 Å². The Labute approximate surface area is 122 Å². The van der Waals surface area contributed by atoms with Crippen LogP contribution in [0.25, 0.3) is 11.1 Å². The van der Waals surface area contributed by atoms with Crippen molar-refractivity contribution in [2.24, 2.45) is 0 Å². The van der Waals surface area contributed by atoms with Gasteiger partial charge in [0, 0.05) is 19.3 Å². The van der Waals surface area contributed by atoms with Crippen molar-refractivity contribution in [2.75, 3.05) is 13.2 Å². The summed E-state index contributed by atoms with van der Waals surface area (Å²) in [6.45, 7) is 5.38. The summed E-state index contributed by atoms with van der Waals surface area (Å²) < 4.78 is 10.7. The third-order valence-corrected chi connectivity index (χ3v) is 3.68. The molecule has 112 valence electrons. The van der Waals surface area contributed by atoms with Crippen molar-refractivity contribution in [3.05, 3.63) is 23.5 Å². The fourth-order valence-electron chi connectivity index (χ4n) is 2.50. The number of carbonyl (C=O) groups excluding carboxylic acids is 1. The molecule has 21 heavy (non-hydrogen) atoms. The minimum atomic E-state index is -0.143. The number of pyridine rings is 1. The quantitative estimate of drug-likeness (QED) is 0.934. The summed E-state index contributed by atoms with van der Waals surface area (Å²) in [7, 11) is 0. The lowest BCUT2D eigenvalue weighted by atomic mass is 10.1. The Balaban J connectivity index is 1.76. The van der Waals surface area contributed by atoms with E-state index in [0.717, 1.165) is 30.5 Å². The van der Waals surface area contributed by atoms with Crippen molar-refractivity contribution in [2.45, 2.75) is 38.7 Å². The zero-order chi connectivity index (χ0) is 14.8. The average Bonchev–Trinajstić information content (AvgIpc) is 3.13. The molecule has 1 atom stereocenters. The van der Waals surface area contributed by atoms with Gasteiger partial charge >= 0.3 is 0 Å². The summed E-state index contributed by atoms with van der Waals surface area (Å²) in [5.74, 6) is 0.0778. The number of rotatable bonds is 4. The fourth-order valence-corrected chi connectivity index (χ4v) is 2.50. The molecular weight excluding hydrogens is 270 g/mol. The smallest absolute Gasteiger partial charge is 0.257 e. The minimum Gasteiger partial charge on any atom is -0.376 e. The number of fused-ring (bicyclic) bond motifs is 1. The second-order valence-electron chi connectivity index (χ2n) is 5.64. The van der Waals surface area contributed by atoms with Crippen LogP contribution in [0.4, 0.5) is 0 Å². The first-order valence-electron chi connectivity index (χ1n) is 7.30. The second-order valence-corrected chi connectivity index (χ2v) is 5.64. The van der Waals surface area contributed by atoms with Gasteiger partial charge in [0.15, 0.2) is 0 Å². The molecule has 6 nitrogen and oxygen atoms in total. The maximum atomic E-state index is 12.2. The summed E-state index contributed by atoms with van der Waals surface area (Å²) in [6.07, 6.45) is 3.71. The number of hydrogen-bond acceptors (Lipinski definition) is 5. The van der Waals surface area contributed by atoms with Gasteiger partial charge in [-0.25, -0.2) is 4.98 Å². The highest BCUT2D eigenvalue weighted by Gasteiger charge is 2.18. The van der Waals surface area contributed by atoms with E-state index in [2.05, 4.69) is 15.5 Å². The van der Waals surface area contributed by atoms with E-state index in [1.54, 1.807) is 6.07 Å². The first kappa shape index (κ1) is 14.0. The Kier molecular flexibility index (Phi) is 3.88. The number of aromatic nitrogens is 2. The van der Waals surface area contributed by atoms with Crippen molar-refractivity contribution in [3.63, 3.8) is 0 Å². The third kappa shape index (κ3) is 2.90. The zero-order valence-corrected chi connectivity index (χ0v) is 12.3. The monoisotopic (exact) mass is 289 g/mol. The molecule has 1 unspecified atom stereocenters. The molecule has 2 aromatic heterocycles. The molecular formula is C15H19N3O3. The summed E-state index contributed by atoms with van der Waals surface area (Å²) >= 11 is 0. The molecule has 1 N–H and O–H groups in total. The molecule has 6 heteroatoms. The van der Waals surface area contributed by atoms with Gasteiger partial charge in [-0.15, -0.1) is 0 Å². The molecule has 3 rings (SSSR count). The van der Waals surface area contributed by atoms with Crippen molar-refractivity contribution in [1.29, 1.82) is 0 Å².